The monoisotopic (exact) mass is 387 g/mol. The number of hydrogen-bond acceptors (Lipinski definition) is 4. The second-order valence-corrected chi connectivity index (χ2v) is 9.09. The summed E-state index contributed by atoms with van der Waals surface area (Å²) in [6.07, 6.45) is 3.33. The minimum absolute atomic E-state index is 0.204. The first kappa shape index (κ1) is 20.1. The van der Waals surface area contributed by atoms with Gasteiger partial charge in [0.25, 0.3) is 10.1 Å². The molecule has 1 heterocycles. The van der Waals surface area contributed by atoms with Gasteiger partial charge in [0.2, 0.25) is 0 Å². The van der Waals surface area contributed by atoms with E-state index in [1.165, 1.54) is 18.4 Å². The van der Waals surface area contributed by atoms with E-state index in [9.17, 15) is 8.42 Å². The van der Waals surface area contributed by atoms with Crippen LogP contribution in [-0.2, 0) is 14.3 Å². The van der Waals surface area contributed by atoms with E-state index in [1.54, 1.807) is 30.3 Å². The van der Waals surface area contributed by atoms with Crippen molar-refractivity contribution in [3.05, 3.63) is 66.2 Å². The fourth-order valence-corrected chi connectivity index (χ4v) is 4.60. The molecule has 0 N–H and O–H groups in total. The van der Waals surface area contributed by atoms with E-state index in [4.69, 9.17) is 4.18 Å². The molecule has 2 aromatic carbocycles. The lowest BCUT2D eigenvalue weighted by Gasteiger charge is -2.32. The molecule has 0 bridgehead atoms. The van der Waals surface area contributed by atoms with Gasteiger partial charge in [0.05, 0.1) is 11.5 Å². The van der Waals surface area contributed by atoms with Gasteiger partial charge in [0.1, 0.15) is 0 Å². The molecule has 0 saturated carbocycles. The van der Waals surface area contributed by atoms with Gasteiger partial charge in [-0.15, -0.1) is 0 Å². The molecule has 27 heavy (non-hydrogen) atoms. The van der Waals surface area contributed by atoms with E-state index in [1.807, 2.05) is 0 Å². The van der Waals surface area contributed by atoms with Gasteiger partial charge in [-0.05, 0) is 68.4 Å². The Balaban J connectivity index is 1.38. The van der Waals surface area contributed by atoms with E-state index in [2.05, 4.69) is 42.2 Å². The summed E-state index contributed by atoms with van der Waals surface area (Å²) in [5, 5.41) is 0. The number of hydrogen-bond donors (Lipinski definition) is 0. The molecule has 5 heteroatoms. The first-order chi connectivity index (χ1) is 13.0. The molecule has 146 valence electrons. The van der Waals surface area contributed by atoms with Crippen molar-refractivity contribution in [1.82, 2.24) is 4.90 Å². The average Bonchev–Trinajstić information content (AvgIpc) is 2.72. The van der Waals surface area contributed by atoms with Crippen LogP contribution in [0, 0.1) is 5.92 Å². The Bertz CT molecular complexity index is 785. The maximum absolute atomic E-state index is 12.2. The zero-order valence-corrected chi connectivity index (χ0v) is 16.8. The summed E-state index contributed by atoms with van der Waals surface area (Å²) in [5.74, 6) is 0.870. The quantitative estimate of drug-likeness (QED) is 0.634. The summed E-state index contributed by atoms with van der Waals surface area (Å²) >= 11 is 0. The third-order valence-corrected chi connectivity index (χ3v) is 6.63. The molecule has 1 aliphatic heterocycles. The average molecular weight is 388 g/mol. The van der Waals surface area contributed by atoms with Crippen LogP contribution in [-0.4, -0.2) is 39.6 Å². The summed E-state index contributed by atoms with van der Waals surface area (Å²) in [6, 6.07) is 19.1. The Morgan fingerprint density at radius 2 is 1.59 bits per heavy atom. The minimum Gasteiger partial charge on any atom is -0.303 e. The number of rotatable bonds is 8. The summed E-state index contributed by atoms with van der Waals surface area (Å²) in [7, 11) is -3.65. The first-order valence-corrected chi connectivity index (χ1v) is 11.2. The van der Waals surface area contributed by atoms with Gasteiger partial charge in [-0.3, -0.25) is 4.18 Å². The number of likely N-dealkylation sites (tertiary alicyclic amines) is 1. The Labute approximate surface area is 163 Å². The van der Waals surface area contributed by atoms with Gasteiger partial charge in [-0.1, -0.05) is 55.5 Å². The van der Waals surface area contributed by atoms with Gasteiger partial charge in [-0.2, -0.15) is 8.42 Å². The second kappa shape index (κ2) is 9.49. The highest BCUT2D eigenvalue weighted by Gasteiger charge is 2.21. The van der Waals surface area contributed by atoms with Crippen LogP contribution < -0.4 is 0 Å². The predicted octanol–water partition coefficient (Wildman–Crippen LogP) is 4.30. The van der Waals surface area contributed by atoms with Crippen LogP contribution in [0.15, 0.2) is 65.6 Å². The normalized spacial score (nSPS) is 17.7. The van der Waals surface area contributed by atoms with Crippen LogP contribution in [0.3, 0.4) is 0 Å². The van der Waals surface area contributed by atoms with Crippen molar-refractivity contribution in [2.24, 2.45) is 5.92 Å². The van der Waals surface area contributed by atoms with Gasteiger partial charge < -0.3 is 4.90 Å². The van der Waals surface area contributed by atoms with Crippen molar-refractivity contribution in [2.45, 2.75) is 37.0 Å². The largest absolute Gasteiger partial charge is 0.303 e. The minimum atomic E-state index is -3.65. The van der Waals surface area contributed by atoms with E-state index >= 15 is 0 Å². The van der Waals surface area contributed by atoms with Gasteiger partial charge in [-0.25, -0.2) is 0 Å². The molecule has 0 spiro atoms. The maximum Gasteiger partial charge on any atom is 0.296 e. The molecule has 0 aromatic heterocycles. The van der Waals surface area contributed by atoms with E-state index in [0.717, 1.165) is 26.1 Å². The molecule has 2 aromatic rings. The Morgan fingerprint density at radius 1 is 1.00 bits per heavy atom. The lowest BCUT2D eigenvalue weighted by Crippen LogP contribution is -2.34. The van der Waals surface area contributed by atoms with Crippen molar-refractivity contribution < 1.29 is 12.6 Å². The van der Waals surface area contributed by atoms with Crippen molar-refractivity contribution in [3.8, 4) is 0 Å². The van der Waals surface area contributed by atoms with Crippen LogP contribution in [0.1, 0.15) is 37.7 Å². The number of nitrogens with zero attached hydrogens (tertiary/aromatic N) is 1. The van der Waals surface area contributed by atoms with Crippen molar-refractivity contribution in [2.75, 3.05) is 26.2 Å². The van der Waals surface area contributed by atoms with Crippen LogP contribution >= 0.6 is 0 Å². The Kier molecular flexibility index (Phi) is 7.05. The van der Waals surface area contributed by atoms with E-state index in [-0.39, 0.29) is 17.4 Å². The van der Waals surface area contributed by atoms with Crippen molar-refractivity contribution >= 4 is 10.1 Å². The van der Waals surface area contributed by atoms with E-state index in [0.29, 0.717) is 5.92 Å². The lowest BCUT2D eigenvalue weighted by atomic mass is 9.89. The molecule has 0 aliphatic carbocycles. The van der Waals surface area contributed by atoms with Gasteiger partial charge in [0, 0.05) is 0 Å². The molecule has 4 nitrogen and oxygen atoms in total. The highest BCUT2D eigenvalue weighted by molar-refractivity contribution is 7.86. The molecule has 3 rings (SSSR count). The zero-order chi connectivity index (χ0) is 19.1. The molecular formula is C22H29NO3S. The Hall–Kier alpha value is -1.69. The molecule has 1 fully saturated rings. The zero-order valence-electron chi connectivity index (χ0n) is 16.0. The number of piperidine rings is 1. The van der Waals surface area contributed by atoms with Crippen LogP contribution in [0.2, 0.25) is 0 Å². The Morgan fingerprint density at radius 3 is 2.22 bits per heavy atom. The van der Waals surface area contributed by atoms with Crippen LogP contribution in [0.4, 0.5) is 0 Å². The summed E-state index contributed by atoms with van der Waals surface area (Å²) in [6.45, 7) is 5.50. The molecule has 1 unspecified atom stereocenters. The summed E-state index contributed by atoms with van der Waals surface area (Å²) in [5.41, 5.74) is 1.45. The van der Waals surface area contributed by atoms with Gasteiger partial charge >= 0.3 is 0 Å². The lowest BCUT2D eigenvalue weighted by molar-refractivity contribution is 0.184. The molecular weight excluding hydrogens is 358 g/mol. The third kappa shape index (κ3) is 5.89. The standard InChI is InChI=1S/C22H29NO3S/c1-19(18-26-27(24,25)22-10-6-3-7-11-22)12-15-23-16-13-21(14-17-23)20-8-4-2-5-9-20/h2-11,19,21H,12-18H2,1H3. The second-order valence-electron chi connectivity index (χ2n) is 7.47. The smallest absolute Gasteiger partial charge is 0.296 e. The van der Waals surface area contributed by atoms with Crippen LogP contribution in [0.25, 0.3) is 0 Å². The molecule has 0 amide bonds. The number of benzene rings is 2. The highest BCUT2D eigenvalue weighted by Crippen LogP contribution is 2.28. The fourth-order valence-electron chi connectivity index (χ4n) is 3.56. The van der Waals surface area contributed by atoms with Crippen molar-refractivity contribution in [3.63, 3.8) is 0 Å². The third-order valence-electron chi connectivity index (χ3n) is 5.34. The predicted molar refractivity (Wildman–Crippen MR) is 108 cm³/mol. The van der Waals surface area contributed by atoms with Gasteiger partial charge in [0.15, 0.2) is 0 Å². The highest BCUT2D eigenvalue weighted by atomic mass is 32.2. The summed E-state index contributed by atoms with van der Waals surface area (Å²) < 4.78 is 29.6. The van der Waals surface area contributed by atoms with E-state index < -0.39 is 10.1 Å². The van der Waals surface area contributed by atoms with Crippen LogP contribution in [0.5, 0.6) is 0 Å². The molecule has 1 saturated heterocycles. The molecule has 1 atom stereocenters. The van der Waals surface area contributed by atoms with Crippen molar-refractivity contribution in [1.29, 1.82) is 0 Å². The SMILES string of the molecule is CC(CCN1CCC(c2ccccc2)CC1)COS(=O)(=O)c1ccccc1. The molecule has 0 radical (unpaired) electrons. The molecule has 1 aliphatic rings. The maximum atomic E-state index is 12.2. The fraction of sp³-hybridized carbons (Fsp3) is 0.455. The summed E-state index contributed by atoms with van der Waals surface area (Å²) in [4.78, 5) is 2.71. The topological polar surface area (TPSA) is 46.6 Å². The first-order valence-electron chi connectivity index (χ1n) is 9.76.